The molecule has 6 aromatic rings. The van der Waals surface area contributed by atoms with Crippen LogP contribution in [0.1, 0.15) is 0 Å². The molecule has 4 nitrogen and oxygen atoms in total. The molecule has 2 aromatic heterocycles. The zero-order valence-corrected chi connectivity index (χ0v) is 20.1. The molecule has 0 amide bonds. The van der Waals surface area contributed by atoms with Crippen molar-refractivity contribution in [2.24, 2.45) is 0 Å². The molecule has 0 N–H and O–H groups in total. The maximum atomic E-state index is 2.40. The summed E-state index contributed by atoms with van der Waals surface area (Å²) in [5.41, 5.74) is 8.42. The van der Waals surface area contributed by atoms with Crippen molar-refractivity contribution in [1.29, 1.82) is 0 Å². The van der Waals surface area contributed by atoms with Gasteiger partial charge >= 0.3 is 6.98 Å². The summed E-state index contributed by atoms with van der Waals surface area (Å²) in [5, 5.41) is 0. The van der Waals surface area contributed by atoms with Crippen LogP contribution in [0.3, 0.4) is 0 Å². The van der Waals surface area contributed by atoms with Gasteiger partial charge in [-0.3, -0.25) is 9.80 Å². The molecule has 4 aromatic carbocycles. The Hall–Kier alpha value is -4.90. The smallest absolute Gasteiger partial charge is 0.353 e. The summed E-state index contributed by atoms with van der Waals surface area (Å²) in [6.07, 6.45) is 4.41. The van der Waals surface area contributed by atoms with E-state index in [2.05, 4.69) is 159 Å². The molecule has 5 heteroatoms. The minimum Gasteiger partial charge on any atom is -0.353 e. The van der Waals surface area contributed by atoms with Crippen molar-refractivity contribution < 1.29 is 0 Å². The first-order valence-electron chi connectivity index (χ1n) is 12.7. The Morgan fingerprint density at radius 3 is 1.38 bits per heavy atom. The van der Waals surface area contributed by atoms with Crippen LogP contribution in [-0.2, 0) is 0 Å². The van der Waals surface area contributed by atoms with Gasteiger partial charge in [0.15, 0.2) is 0 Å². The molecule has 2 aliphatic heterocycles. The van der Waals surface area contributed by atoms with Gasteiger partial charge in [0.25, 0.3) is 0 Å². The summed E-state index contributed by atoms with van der Waals surface area (Å²) in [6.45, 7) is 0.0322. The van der Waals surface area contributed by atoms with Crippen molar-refractivity contribution in [1.82, 2.24) is 8.96 Å². The van der Waals surface area contributed by atoms with E-state index in [-0.39, 0.29) is 6.98 Å². The Morgan fingerprint density at radius 2 is 0.892 bits per heavy atom. The maximum absolute atomic E-state index is 2.40. The third kappa shape index (κ3) is 2.91. The fourth-order valence-electron chi connectivity index (χ4n) is 5.97. The molecule has 4 heterocycles. The van der Waals surface area contributed by atoms with Gasteiger partial charge < -0.3 is 8.96 Å². The van der Waals surface area contributed by atoms with Gasteiger partial charge in [0, 0.05) is 28.2 Å². The number of fused-ring (bicyclic) bond motifs is 4. The number of hydrogen-bond donors (Lipinski definition) is 0. The third-order valence-corrected chi connectivity index (χ3v) is 7.51. The standard InChI is InChI=1S/C32H23BN4/c1-4-12-24(13-5-1)25-22-28-32-29(23-25)37(27-16-8-3-9-17-27)31-19-11-21-35(31)33(32)34-20-10-18-30(34)36(28)26-14-6-2-7-15-26/h1-23H. The Bertz CT molecular complexity index is 1630. The quantitative estimate of drug-likeness (QED) is 0.250. The van der Waals surface area contributed by atoms with Crippen LogP contribution in [0.15, 0.2) is 140 Å². The van der Waals surface area contributed by atoms with Gasteiger partial charge in [-0.1, -0.05) is 66.7 Å². The molecule has 37 heavy (non-hydrogen) atoms. The normalized spacial score (nSPS) is 13.2. The topological polar surface area (TPSA) is 16.3 Å². The summed E-state index contributed by atoms with van der Waals surface area (Å²) in [4.78, 5) is 4.80. The molecule has 2 aliphatic rings. The summed E-state index contributed by atoms with van der Waals surface area (Å²) < 4.78 is 4.79. The molecule has 0 unspecified atom stereocenters. The maximum Gasteiger partial charge on any atom is 0.426 e. The van der Waals surface area contributed by atoms with E-state index >= 15 is 0 Å². The predicted molar refractivity (Wildman–Crippen MR) is 153 cm³/mol. The van der Waals surface area contributed by atoms with Crippen LogP contribution < -0.4 is 15.3 Å². The Kier molecular flexibility index (Phi) is 4.28. The lowest BCUT2D eigenvalue weighted by molar-refractivity contribution is 1.00. The van der Waals surface area contributed by atoms with E-state index in [0.717, 1.165) is 23.0 Å². The van der Waals surface area contributed by atoms with E-state index < -0.39 is 0 Å². The van der Waals surface area contributed by atoms with Crippen molar-refractivity contribution in [3.05, 3.63) is 140 Å². The van der Waals surface area contributed by atoms with E-state index in [4.69, 9.17) is 0 Å². The van der Waals surface area contributed by atoms with Crippen LogP contribution in [0, 0.1) is 0 Å². The average molecular weight is 474 g/mol. The van der Waals surface area contributed by atoms with Gasteiger partial charge in [-0.15, -0.1) is 0 Å². The second-order valence-electron chi connectivity index (χ2n) is 9.56. The molecule has 8 rings (SSSR count). The van der Waals surface area contributed by atoms with E-state index in [1.165, 1.54) is 28.0 Å². The van der Waals surface area contributed by atoms with Crippen LogP contribution in [-0.4, -0.2) is 15.9 Å². The second-order valence-corrected chi connectivity index (χ2v) is 9.56. The Balaban J connectivity index is 1.49. The molecule has 0 spiro atoms. The molecular weight excluding hydrogens is 451 g/mol. The van der Waals surface area contributed by atoms with Crippen LogP contribution in [0.5, 0.6) is 0 Å². The first kappa shape index (κ1) is 20.3. The van der Waals surface area contributed by atoms with Crippen LogP contribution in [0.2, 0.25) is 0 Å². The van der Waals surface area contributed by atoms with Gasteiger partial charge in [-0.05, 0) is 84.2 Å². The number of anilines is 6. The molecule has 0 bridgehead atoms. The SMILES string of the molecule is c1ccc(-c2cc3c4c(c2)N(c2ccccc2)c2cccn2B4n2cccc2N3c2ccccc2)cc1. The first-order valence-corrected chi connectivity index (χ1v) is 12.7. The Labute approximate surface area is 216 Å². The molecule has 0 radical (unpaired) electrons. The highest BCUT2D eigenvalue weighted by atomic mass is 15.3. The molecule has 0 atom stereocenters. The van der Waals surface area contributed by atoms with Crippen LogP contribution >= 0.6 is 0 Å². The van der Waals surface area contributed by atoms with Crippen LogP contribution in [0.25, 0.3) is 11.1 Å². The van der Waals surface area contributed by atoms with Crippen molar-refractivity contribution >= 4 is 46.8 Å². The number of benzene rings is 4. The van der Waals surface area contributed by atoms with E-state index in [1.54, 1.807) is 0 Å². The summed E-state index contributed by atoms with van der Waals surface area (Å²) >= 11 is 0. The van der Waals surface area contributed by atoms with Crippen molar-refractivity contribution in [2.45, 2.75) is 0 Å². The van der Waals surface area contributed by atoms with Gasteiger partial charge in [0.1, 0.15) is 11.6 Å². The fourth-order valence-corrected chi connectivity index (χ4v) is 5.97. The lowest BCUT2D eigenvalue weighted by Gasteiger charge is -2.43. The van der Waals surface area contributed by atoms with Crippen LogP contribution in [0.4, 0.5) is 34.4 Å². The zero-order chi connectivity index (χ0) is 24.3. The monoisotopic (exact) mass is 474 g/mol. The largest absolute Gasteiger partial charge is 0.426 e. The van der Waals surface area contributed by atoms with Crippen molar-refractivity contribution in [2.75, 3.05) is 9.80 Å². The van der Waals surface area contributed by atoms with E-state index in [1.807, 2.05) is 0 Å². The minimum absolute atomic E-state index is 0.0322. The molecule has 0 saturated carbocycles. The summed E-state index contributed by atoms with van der Waals surface area (Å²) in [6, 6.07) is 45.6. The highest BCUT2D eigenvalue weighted by Gasteiger charge is 2.44. The molecular formula is C32H23BN4. The molecule has 0 saturated heterocycles. The van der Waals surface area contributed by atoms with Gasteiger partial charge in [-0.2, -0.15) is 0 Å². The highest BCUT2D eigenvalue weighted by Crippen LogP contribution is 2.47. The molecule has 0 aliphatic carbocycles. The van der Waals surface area contributed by atoms with Crippen molar-refractivity contribution in [3.8, 4) is 11.1 Å². The highest BCUT2D eigenvalue weighted by molar-refractivity contribution is 6.76. The lowest BCUT2D eigenvalue weighted by Crippen LogP contribution is -2.55. The Morgan fingerprint density at radius 1 is 0.432 bits per heavy atom. The first-order chi connectivity index (χ1) is 18.4. The van der Waals surface area contributed by atoms with Crippen molar-refractivity contribution in [3.63, 3.8) is 0 Å². The summed E-state index contributed by atoms with van der Waals surface area (Å²) in [5.74, 6) is 2.32. The number of rotatable bonds is 3. The minimum atomic E-state index is 0.0322. The third-order valence-electron chi connectivity index (χ3n) is 7.51. The molecule has 0 fully saturated rings. The number of para-hydroxylation sites is 2. The summed E-state index contributed by atoms with van der Waals surface area (Å²) in [7, 11) is 0. The number of nitrogens with zero attached hydrogens (tertiary/aromatic N) is 4. The van der Waals surface area contributed by atoms with Gasteiger partial charge in [-0.25, -0.2) is 0 Å². The fraction of sp³-hybridized carbons (Fsp3) is 0. The van der Waals surface area contributed by atoms with Gasteiger partial charge in [0.2, 0.25) is 0 Å². The average Bonchev–Trinajstić information content (AvgIpc) is 3.64. The number of hydrogen-bond acceptors (Lipinski definition) is 2. The second kappa shape index (κ2) is 7.80. The number of aromatic nitrogens is 2. The zero-order valence-electron chi connectivity index (χ0n) is 20.1. The van der Waals surface area contributed by atoms with Gasteiger partial charge in [0.05, 0.1) is 0 Å². The predicted octanol–water partition coefficient (Wildman–Crippen LogP) is 7.31. The molecule has 174 valence electrons. The lowest BCUT2D eigenvalue weighted by atomic mass is 9.62. The van der Waals surface area contributed by atoms with E-state index in [9.17, 15) is 0 Å². The van der Waals surface area contributed by atoms with E-state index in [0.29, 0.717) is 0 Å².